The molecule has 0 spiro atoms. The molecule has 0 aromatic carbocycles. The predicted molar refractivity (Wildman–Crippen MR) is 58.4 cm³/mol. The van der Waals surface area contributed by atoms with E-state index in [9.17, 15) is 0 Å². The van der Waals surface area contributed by atoms with Crippen molar-refractivity contribution in [2.24, 2.45) is 5.92 Å². The highest BCUT2D eigenvalue weighted by Crippen LogP contribution is 2.26. The molecule has 2 fully saturated rings. The minimum atomic E-state index is 0.557. The minimum absolute atomic E-state index is 0.557. The lowest BCUT2D eigenvalue weighted by Crippen LogP contribution is -2.46. The average Bonchev–Trinajstić information content (AvgIpc) is 2.61. The van der Waals surface area contributed by atoms with Crippen LogP contribution in [-0.4, -0.2) is 25.3 Å². The normalized spacial score (nSPS) is 33.2. The van der Waals surface area contributed by atoms with Crippen LogP contribution in [0.2, 0.25) is 0 Å². The van der Waals surface area contributed by atoms with Crippen molar-refractivity contribution in [1.82, 2.24) is 5.32 Å². The molecule has 2 saturated carbocycles. The molecule has 0 amide bonds. The minimum Gasteiger partial charge on any atom is -0.378 e. The van der Waals surface area contributed by atoms with E-state index >= 15 is 0 Å². The van der Waals surface area contributed by atoms with Crippen LogP contribution in [0.1, 0.15) is 45.4 Å². The summed E-state index contributed by atoms with van der Waals surface area (Å²) >= 11 is 0. The van der Waals surface area contributed by atoms with Crippen LogP contribution in [0.3, 0.4) is 0 Å². The third-order valence-corrected chi connectivity index (χ3v) is 3.67. The van der Waals surface area contributed by atoms with Crippen molar-refractivity contribution in [2.45, 2.75) is 57.6 Å². The highest BCUT2D eigenvalue weighted by molar-refractivity contribution is 4.86. The standard InChI is InChI=1S/C12H23NO/c1-2-14-12-7-11(8-12)13-9-10-5-3-4-6-10/h10-13H,2-9H2,1H3. The van der Waals surface area contributed by atoms with Crippen LogP contribution >= 0.6 is 0 Å². The molecule has 82 valence electrons. The van der Waals surface area contributed by atoms with Crippen LogP contribution in [0.5, 0.6) is 0 Å². The summed E-state index contributed by atoms with van der Waals surface area (Å²) in [6, 6.07) is 0.757. The van der Waals surface area contributed by atoms with E-state index in [0.717, 1.165) is 18.6 Å². The van der Waals surface area contributed by atoms with Gasteiger partial charge in [0, 0.05) is 12.6 Å². The molecule has 0 bridgehead atoms. The summed E-state index contributed by atoms with van der Waals surface area (Å²) in [6.45, 7) is 4.21. The van der Waals surface area contributed by atoms with Gasteiger partial charge in [0.1, 0.15) is 0 Å². The molecule has 0 unspecified atom stereocenters. The van der Waals surface area contributed by atoms with E-state index in [4.69, 9.17) is 4.74 Å². The molecule has 0 radical (unpaired) electrons. The van der Waals surface area contributed by atoms with Gasteiger partial charge in [-0.05, 0) is 45.1 Å². The zero-order valence-electron chi connectivity index (χ0n) is 9.30. The van der Waals surface area contributed by atoms with E-state index in [1.807, 2.05) is 0 Å². The van der Waals surface area contributed by atoms with Gasteiger partial charge < -0.3 is 10.1 Å². The van der Waals surface area contributed by atoms with Crippen molar-refractivity contribution in [3.63, 3.8) is 0 Å². The van der Waals surface area contributed by atoms with E-state index in [-0.39, 0.29) is 0 Å². The monoisotopic (exact) mass is 197 g/mol. The summed E-state index contributed by atoms with van der Waals surface area (Å²) in [5, 5.41) is 3.67. The summed E-state index contributed by atoms with van der Waals surface area (Å²) in [4.78, 5) is 0. The fourth-order valence-corrected chi connectivity index (χ4v) is 2.65. The van der Waals surface area contributed by atoms with E-state index in [1.165, 1.54) is 45.1 Å². The Morgan fingerprint density at radius 3 is 2.57 bits per heavy atom. The largest absolute Gasteiger partial charge is 0.378 e. The first-order valence-corrected chi connectivity index (χ1v) is 6.23. The lowest BCUT2D eigenvalue weighted by atomic mass is 9.89. The Bertz CT molecular complexity index is 160. The lowest BCUT2D eigenvalue weighted by Gasteiger charge is -2.36. The average molecular weight is 197 g/mol. The molecule has 2 aliphatic carbocycles. The zero-order chi connectivity index (χ0) is 9.80. The van der Waals surface area contributed by atoms with Crippen LogP contribution < -0.4 is 5.32 Å². The van der Waals surface area contributed by atoms with Gasteiger partial charge in [0.15, 0.2) is 0 Å². The van der Waals surface area contributed by atoms with Crippen LogP contribution in [-0.2, 0) is 4.74 Å². The Labute approximate surface area is 87.4 Å². The smallest absolute Gasteiger partial charge is 0.0604 e. The molecule has 1 N–H and O–H groups in total. The Kier molecular flexibility index (Phi) is 3.82. The fourth-order valence-electron chi connectivity index (χ4n) is 2.65. The molecular formula is C12H23NO. The molecule has 0 heterocycles. The van der Waals surface area contributed by atoms with E-state index < -0.39 is 0 Å². The van der Waals surface area contributed by atoms with Crippen molar-refractivity contribution in [2.75, 3.05) is 13.2 Å². The van der Waals surface area contributed by atoms with Crippen molar-refractivity contribution in [1.29, 1.82) is 0 Å². The lowest BCUT2D eigenvalue weighted by molar-refractivity contribution is -0.0105. The number of rotatable bonds is 5. The second-order valence-electron chi connectivity index (χ2n) is 4.80. The fraction of sp³-hybridized carbons (Fsp3) is 1.00. The van der Waals surface area contributed by atoms with Gasteiger partial charge in [-0.2, -0.15) is 0 Å². The summed E-state index contributed by atoms with van der Waals surface area (Å²) in [5.74, 6) is 0.973. The molecule has 2 heteroatoms. The summed E-state index contributed by atoms with van der Waals surface area (Å²) < 4.78 is 5.54. The Morgan fingerprint density at radius 2 is 1.93 bits per heavy atom. The van der Waals surface area contributed by atoms with Crippen LogP contribution in [0.4, 0.5) is 0 Å². The predicted octanol–water partition coefficient (Wildman–Crippen LogP) is 2.33. The zero-order valence-corrected chi connectivity index (χ0v) is 9.30. The number of nitrogens with one attached hydrogen (secondary N) is 1. The van der Waals surface area contributed by atoms with E-state index in [2.05, 4.69) is 12.2 Å². The van der Waals surface area contributed by atoms with Gasteiger partial charge in [-0.15, -0.1) is 0 Å². The van der Waals surface area contributed by atoms with Crippen LogP contribution in [0.15, 0.2) is 0 Å². The second-order valence-corrected chi connectivity index (χ2v) is 4.80. The molecule has 2 aliphatic rings. The first-order valence-electron chi connectivity index (χ1n) is 6.23. The molecule has 0 atom stereocenters. The molecule has 0 saturated heterocycles. The van der Waals surface area contributed by atoms with Gasteiger partial charge >= 0.3 is 0 Å². The number of hydrogen-bond donors (Lipinski definition) is 1. The third-order valence-electron chi connectivity index (χ3n) is 3.67. The van der Waals surface area contributed by atoms with Gasteiger partial charge in [-0.3, -0.25) is 0 Å². The highest BCUT2D eigenvalue weighted by Gasteiger charge is 2.29. The quantitative estimate of drug-likeness (QED) is 0.730. The topological polar surface area (TPSA) is 21.3 Å². The van der Waals surface area contributed by atoms with Crippen molar-refractivity contribution in [3.05, 3.63) is 0 Å². The Morgan fingerprint density at radius 1 is 1.21 bits per heavy atom. The molecule has 2 rings (SSSR count). The van der Waals surface area contributed by atoms with Crippen molar-refractivity contribution < 1.29 is 4.74 Å². The maximum atomic E-state index is 5.54. The van der Waals surface area contributed by atoms with E-state index in [0.29, 0.717) is 6.10 Å². The maximum absolute atomic E-state index is 5.54. The van der Waals surface area contributed by atoms with E-state index in [1.54, 1.807) is 0 Å². The third kappa shape index (κ3) is 2.71. The number of hydrogen-bond acceptors (Lipinski definition) is 2. The van der Waals surface area contributed by atoms with Gasteiger partial charge in [0.05, 0.1) is 6.10 Å². The second kappa shape index (κ2) is 5.13. The first-order chi connectivity index (χ1) is 6.88. The highest BCUT2D eigenvalue weighted by atomic mass is 16.5. The Balaban J connectivity index is 1.51. The van der Waals surface area contributed by atoms with Gasteiger partial charge in [0.25, 0.3) is 0 Å². The van der Waals surface area contributed by atoms with Crippen LogP contribution in [0, 0.1) is 5.92 Å². The van der Waals surface area contributed by atoms with Crippen LogP contribution in [0.25, 0.3) is 0 Å². The number of ether oxygens (including phenoxy) is 1. The molecular weight excluding hydrogens is 174 g/mol. The SMILES string of the molecule is CCOC1CC(NCC2CCCC2)C1. The molecule has 0 aromatic rings. The van der Waals surface area contributed by atoms with Gasteiger partial charge in [0.2, 0.25) is 0 Å². The Hall–Kier alpha value is -0.0800. The van der Waals surface area contributed by atoms with Gasteiger partial charge in [-0.1, -0.05) is 12.8 Å². The summed E-state index contributed by atoms with van der Waals surface area (Å²) in [6.07, 6.45) is 8.85. The first kappa shape index (κ1) is 10.4. The molecule has 0 aliphatic heterocycles. The van der Waals surface area contributed by atoms with Crippen molar-refractivity contribution in [3.8, 4) is 0 Å². The van der Waals surface area contributed by atoms with Gasteiger partial charge in [-0.25, -0.2) is 0 Å². The molecule has 14 heavy (non-hydrogen) atoms. The molecule has 0 aromatic heterocycles. The maximum Gasteiger partial charge on any atom is 0.0604 e. The molecule has 2 nitrogen and oxygen atoms in total. The summed E-state index contributed by atoms with van der Waals surface area (Å²) in [5.41, 5.74) is 0. The summed E-state index contributed by atoms with van der Waals surface area (Å²) in [7, 11) is 0. The van der Waals surface area contributed by atoms with Crippen molar-refractivity contribution >= 4 is 0 Å².